The van der Waals surface area contributed by atoms with Crippen LogP contribution in [-0.4, -0.2) is 29.3 Å². The second-order valence-corrected chi connectivity index (χ2v) is 3.29. The molecule has 0 radical (unpaired) electrons. The highest BCUT2D eigenvalue weighted by Crippen LogP contribution is 2.26. The number of hydrogen-bond donors (Lipinski definition) is 1. The quantitative estimate of drug-likeness (QED) is 0.819. The summed E-state index contributed by atoms with van der Waals surface area (Å²) in [5.74, 6) is 0. The Labute approximate surface area is 87.7 Å². The van der Waals surface area contributed by atoms with Crippen molar-refractivity contribution in [2.75, 3.05) is 13.2 Å². The van der Waals surface area contributed by atoms with Gasteiger partial charge in [0.15, 0.2) is 6.29 Å². The molecule has 2 rings (SSSR count). The SMILES string of the molecule is O=c1cc(C(F)(F)F)[nH]n1CC1OCCO1. The predicted octanol–water partition coefficient (Wildman–Crippen LogP) is 0.568. The number of aromatic amines is 1. The van der Waals surface area contributed by atoms with Gasteiger partial charge < -0.3 is 9.47 Å². The van der Waals surface area contributed by atoms with Crippen molar-refractivity contribution in [1.29, 1.82) is 0 Å². The van der Waals surface area contributed by atoms with E-state index in [1.54, 1.807) is 0 Å². The molecular formula is C8H9F3N2O3. The van der Waals surface area contributed by atoms with Crippen molar-refractivity contribution in [3.8, 4) is 0 Å². The number of H-pyrrole nitrogens is 1. The Morgan fingerprint density at radius 2 is 2.06 bits per heavy atom. The van der Waals surface area contributed by atoms with E-state index in [1.165, 1.54) is 0 Å². The van der Waals surface area contributed by atoms with Gasteiger partial charge in [-0.3, -0.25) is 9.89 Å². The monoisotopic (exact) mass is 238 g/mol. The first-order valence-electron chi connectivity index (χ1n) is 4.57. The van der Waals surface area contributed by atoms with Crippen LogP contribution in [0.1, 0.15) is 5.69 Å². The van der Waals surface area contributed by atoms with Gasteiger partial charge in [-0.25, -0.2) is 4.68 Å². The van der Waals surface area contributed by atoms with Crippen LogP contribution in [0.15, 0.2) is 10.9 Å². The lowest BCUT2D eigenvalue weighted by Gasteiger charge is -2.09. The van der Waals surface area contributed by atoms with Gasteiger partial charge in [0.2, 0.25) is 0 Å². The lowest BCUT2D eigenvalue weighted by atomic mass is 10.4. The van der Waals surface area contributed by atoms with Gasteiger partial charge >= 0.3 is 6.18 Å². The molecule has 8 heteroatoms. The summed E-state index contributed by atoms with van der Waals surface area (Å²) in [6.45, 7) is 0.688. The van der Waals surface area contributed by atoms with Gasteiger partial charge in [0.05, 0.1) is 19.8 Å². The third kappa shape index (κ3) is 2.27. The molecule has 0 bridgehead atoms. The van der Waals surface area contributed by atoms with Crippen LogP contribution in [0.25, 0.3) is 0 Å². The lowest BCUT2D eigenvalue weighted by Crippen LogP contribution is -2.25. The standard InChI is InChI=1S/C8H9F3N2O3/c9-8(10,11)5-3-6(14)13(12-5)4-7-15-1-2-16-7/h3,7,12H,1-2,4H2. The average molecular weight is 238 g/mol. The maximum absolute atomic E-state index is 12.2. The van der Waals surface area contributed by atoms with Crippen LogP contribution >= 0.6 is 0 Å². The van der Waals surface area contributed by atoms with Crippen molar-refractivity contribution in [2.45, 2.75) is 19.0 Å². The largest absolute Gasteiger partial charge is 0.432 e. The highest BCUT2D eigenvalue weighted by molar-refractivity contribution is 5.03. The second-order valence-electron chi connectivity index (χ2n) is 3.29. The van der Waals surface area contributed by atoms with Crippen molar-refractivity contribution in [3.63, 3.8) is 0 Å². The number of hydrogen-bond acceptors (Lipinski definition) is 3. The number of nitrogens with one attached hydrogen (secondary N) is 1. The van der Waals surface area contributed by atoms with Crippen molar-refractivity contribution >= 4 is 0 Å². The van der Waals surface area contributed by atoms with Crippen LogP contribution in [0.2, 0.25) is 0 Å². The zero-order valence-corrected chi connectivity index (χ0v) is 8.08. The second kappa shape index (κ2) is 3.95. The van der Waals surface area contributed by atoms with Gasteiger partial charge in [-0.2, -0.15) is 13.2 Å². The van der Waals surface area contributed by atoms with E-state index in [1.807, 2.05) is 5.10 Å². The van der Waals surface area contributed by atoms with Crippen LogP contribution in [0.3, 0.4) is 0 Å². The molecule has 0 saturated carbocycles. The molecule has 1 N–H and O–H groups in total. The van der Waals surface area contributed by atoms with E-state index >= 15 is 0 Å². The van der Waals surface area contributed by atoms with Crippen LogP contribution in [-0.2, 0) is 22.2 Å². The minimum Gasteiger partial charge on any atom is -0.348 e. The molecule has 1 aliphatic rings. The number of nitrogens with zero attached hydrogens (tertiary/aromatic N) is 1. The maximum atomic E-state index is 12.2. The van der Waals surface area contributed by atoms with Crippen molar-refractivity contribution < 1.29 is 22.6 Å². The maximum Gasteiger partial charge on any atom is 0.432 e. The Morgan fingerprint density at radius 1 is 1.44 bits per heavy atom. The van der Waals surface area contributed by atoms with E-state index < -0.39 is 23.7 Å². The third-order valence-corrected chi connectivity index (χ3v) is 2.12. The zero-order chi connectivity index (χ0) is 11.8. The molecular weight excluding hydrogens is 229 g/mol. The summed E-state index contributed by atoms with van der Waals surface area (Å²) < 4.78 is 47.6. The fourth-order valence-electron chi connectivity index (χ4n) is 1.38. The Bertz CT molecular complexity index is 417. The topological polar surface area (TPSA) is 56.2 Å². The molecule has 0 aromatic carbocycles. The molecule has 0 unspecified atom stereocenters. The molecule has 0 atom stereocenters. The van der Waals surface area contributed by atoms with Gasteiger partial charge in [0, 0.05) is 6.07 Å². The van der Waals surface area contributed by atoms with Crippen molar-refractivity contribution in [1.82, 2.24) is 9.78 Å². The molecule has 1 aromatic rings. The molecule has 90 valence electrons. The smallest absolute Gasteiger partial charge is 0.348 e. The van der Waals surface area contributed by atoms with E-state index in [0.29, 0.717) is 19.3 Å². The van der Waals surface area contributed by atoms with Gasteiger partial charge in [-0.05, 0) is 0 Å². The van der Waals surface area contributed by atoms with E-state index in [4.69, 9.17) is 9.47 Å². The first-order chi connectivity index (χ1) is 7.47. The number of aromatic nitrogens is 2. The summed E-state index contributed by atoms with van der Waals surface area (Å²) in [5, 5.41) is 1.97. The molecule has 0 amide bonds. The fourth-order valence-corrected chi connectivity index (χ4v) is 1.38. The molecule has 2 heterocycles. The molecule has 1 fully saturated rings. The highest BCUT2D eigenvalue weighted by Gasteiger charge is 2.33. The van der Waals surface area contributed by atoms with Gasteiger partial charge in [-0.1, -0.05) is 0 Å². The van der Waals surface area contributed by atoms with E-state index in [9.17, 15) is 18.0 Å². The number of rotatable bonds is 2. The fraction of sp³-hybridized carbons (Fsp3) is 0.625. The average Bonchev–Trinajstić information content (AvgIpc) is 2.76. The van der Waals surface area contributed by atoms with Crippen LogP contribution in [0.4, 0.5) is 13.2 Å². The number of alkyl halides is 3. The summed E-state index contributed by atoms with van der Waals surface area (Å²) in [6.07, 6.45) is -5.22. The van der Waals surface area contributed by atoms with E-state index in [-0.39, 0.29) is 6.54 Å². The molecule has 0 spiro atoms. The molecule has 16 heavy (non-hydrogen) atoms. The first-order valence-corrected chi connectivity index (χ1v) is 4.57. The third-order valence-electron chi connectivity index (χ3n) is 2.12. The first kappa shape index (κ1) is 11.2. The summed E-state index contributed by atoms with van der Waals surface area (Å²) in [5.41, 5.74) is -1.83. The van der Waals surface area contributed by atoms with Crippen molar-refractivity contribution in [3.05, 3.63) is 22.1 Å². The summed E-state index contributed by atoms with van der Waals surface area (Å²) >= 11 is 0. The van der Waals surface area contributed by atoms with Crippen LogP contribution in [0, 0.1) is 0 Å². The van der Waals surface area contributed by atoms with E-state index in [2.05, 4.69) is 0 Å². The molecule has 1 aromatic heterocycles. The van der Waals surface area contributed by atoms with Gasteiger partial charge in [-0.15, -0.1) is 0 Å². The molecule has 1 aliphatic heterocycles. The predicted molar refractivity (Wildman–Crippen MR) is 45.7 cm³/mol. The molecule has 0 aliphatic carbocycles. The summed E-state index contributed by atoms with van der Waals surface area (Å²) in [6, 6.07) is 0.509. The normalized spacial score (nSPS) is 18.2. The van der Waals surface area contributed by atoms with Crippen LogP contribution in [0.5, 0.6) is 0 Å². The van der Waals surface area contributed by atoms with E-state index in [0.717, 1.165) is 4.68 Å². The minimum atomic E-state index is -4.55. The lowest BCUT2D eigenvalue weighted by molar-refractivity contribution is -0.141. The Hall–Kier alpha value is -1.28. The van der Waals surface area contributed by atoms with Crippen LogP contribution < -0.4 is 5.56 Å². The summed E-state index contributed by atoms with van der Waals surface area (Å²) in [7, 11) is 0. The Morgan fingerprint density at radius 3 is 2.56 bits per heavy atom. The Balaban J connectivity index is 2.15. The van der Waals surface area contributed by atoms with Gasteiger partial charge in [0.1, 0.15) is 5.69 Å². The molecule has 1 saturated heterocycles. The summed E-state index contributed by atoms with van der Waals surface area (Å²) in [4.78, 5) is 11.2. The van der Waals surface area contributed by atoms with Gasteiger partial charge in [0.25, 0.3) is 5.56 Å². The number of halogens is 3. The minimum absolute atomic E-state index is 0.0745. The Kier molecular flexibility index (Phi) is 2.76. The van der Waals surface area contributed by atoms with Crippen molar-refractivity contribution in [2.24, 2.45) is 0 Å². The zero-order valence-electron chi connectivity index (χ0n) is 8.08. The molecule has 5 nitrogen and oxygen atoms in total. The highest BCUT2D eigenvalue weighted by atomic mass is 19.4. The number of ether oxygens (including phenoxy) is 2.